The first-order valence-electron chi connectivity index (χ1n) is 5.57. The zero-order valence-electron chi connectivity index (χ0n) is 10.6. The summed E-state index contributed by atoms with van der Waals surface area (Å²) in [5.41, 5.74) is 5.59. The Bertz CT molecular complexity index is 380. The van der Waals surface area contributed by atoms with Crippen LogP contribution in [0.5, 0.6) is 0 Å². The average Bonchev–Trinajstić information content (AvgIpc) is 2.28. The Morgan fingerprint density at radius 3 is 2.65 bits per heavy atom. The van der Waals surface area contributed by atoms with Gasteiger partial charge >= 0.3 is 0 Å². The Balaban J connectivity index is 2.82. The van der Waals surface area contributed by atoms with Crippen molar-refractivity contribution < 1.29 is 4.79 Å². The molecule has 0 aliphatic carbocycles. The van der Waals surface area contributed by atoms with E-state index in [0.29, 0.717) is 18.2 Å². The summed E-state index contributed by atoms with van der Waals surface area (Å²) in [5, 5.41) is 0. The lowest BCUT2D eigenvalue weighted by atomic mass is 10.3. The molecule has 0 saturated heterocycles. The van der Waals surface area contributed by atoms with Crippen molar-refractivity contribution in [1.82, 2.24) is 14.9 Å². The molecule has 94 valence electrons. The summed E-state index contributed by atoms with van der Waals surface area (Å²) in [6, 6.07) is 0. The summed E-state index contributed by atoms with van der Waals surface area (Å²) in [5.74, 6) is 1.03. The van der Waals surface area contributed by atoms with Gasteiger partial charge in [0.1, 0.15) is 11.6 Å². The van der Waals surface area contributed by atoms with Crippen molar-refractivity contribution in [3.63, 3.8) is 0 Å². The van der Waals surface area contributed by atoms with Crippen molar-refractivity contribution >= 4 is 17.5 Å². The summed E-state index contributed by atoms with van der Waals surface area (Å²) in [6.45, 7) is 3.09. The van der Waals surface area contributed by atoms with Crippen LogP contribution in [-0.2, 0) is 4.79 Å². The fraction of sp³-hybridized carbons (Fsp3) is 0.545. The van der Waals surface area contributed by atoms with Gasteiger partial charge in [-0.25, -0.2) is 4.98 Å². The molecule has 0 aromatic carbocycles. The molecule has 1 heterocycles. The predicted octanol–water partition coefficient (Wildman–Crippen LogP) is 0.363. The number of aromatic nitrogens is 2. The molecule has 1 aromatic rings. The Labute approximate surface area is 101 Å². The Kier molecular flexibility index (Phi) is 4.68. The van der Waals surface area contributed by atoms with Crippen LogP contribution in [0, 0.1) is 0 Å². The van der Waals surface area contributed by atoms with E-state index in [1.54, 1.807) is 25.2 Å². The van der Waals surface area contributed by atoms with Crippen LogP contribution in [0.2, 0.25) is 0 Å². The van der Waals surface area contributed by atoms with Gasteiger partial charge in [-0.2, -0.15) is 0 Å². The van der Waals surface area contributed by atoms with Crippen molar-refractivity contribution in [2.45, 2.75) is 13.3 Å². The van der Waals surface area contributed by atoms with Crippen LogP contribution in [0.1, 0.15) is 13.3 Å². The average molecular weight is 237 g/mol. The van der Waals surface area contributed by atoms with Gasteiger partial charge in [0, 0.05) is 20.6 Å². The van der Waals surface area contributed by atoms with Crippen molar-refractivity contribution in [2.75, 3.05) is 37.8 Å². The normalized spacial score (nSPS) is 10.1. The molecule has 17 heavy (non-hydrogen) atoms. The van der Waals surface area contributed by atoms with Crippen LogP contribution in [-0.4, -0.2) is 48.0 Å². The minimum absolute atomic E-state index is 0.0303. The van der Waals surface area contributed by atoms with Gasteiger partial charge in [-0.1, -0.05) is 6.92 Å². The van der Waals surface area contributed by atoms with Gasteiger partial charge in [0.2, 0.25) is 5.91 Å². The summed E-state index contributed by atoms with van der Waals surface area (Å²) in [7, 11) is 3.47. The lowest BCUT2D eigenvalue weighted by molar-refractivity contribution is -0.127. The molecule has 0 spiro atoms. The third kappa shape index (κ3) is 3.90. The number of anilines is 2. The fourth-order valence-corrected chi connectivity index (χ4v) is 1.37. The standard InChI is InChI=1S/C11H19N5O/c1-4-5-16(8-11(17)15(2)3)10-7-13-6-9(12)14-10/h6-7H,4-5,8H2,1-3H3,(H2,12,14). The summed E-state index contributed by atoms with van der Waals surface area (Å²) in [4.78, 5) is 23.3. The molecule has 0 atom stereocenters. The molecule has 0 fully saturated rings. The molecule has 0 unspecified atom stereocenters. The van der Waals surface area contributed by atoms with Crippen molar-refractivity contribution in [1.29, 1.82) is 0 Å². The second kappa shape index (κ2) is 6.03. The third-order valence-electron chi connectivity index (χ3n) is 2.28. The highest BCUT2D eigenvalue weighted by Crippen LogP contribution is 2.11. The molecule has 0 aliphatic heterocycles. The number of carbonyl (C=O) groups excluding carboxylic acids is 1. The monoisotopic (exact) mass is 237 g/mol. The molecule has 2 N–H and O–H groups in total. The molecule has 0 bridgehead atoms. The van der Waals surface area contributed by atoms with Gasteiger partial charge in [-0.15, -0.1) is 0 Å². The van der Waals surface area contributed by atoms with Gasteiger partial charge in [0.15, 0.2) is 0 Å². The topological polar surface area (TPSA) is 75.4 Å². The first kappa shape index (κ1) is 13.2. The second-order valence-electron chi connectivity index (χ2n) is 4.01. The highest BCUT2D eigenvalue weighted by Gasteiger charge is 2.13. The minimum Gasteiger partial charge on any atom is -0.382 e. The quantitative estimate of drug-likeness (QED) is 0.800. The molecule has 1 aromatic heterocycles. The van der Waals surface area contributed by atoms with Gasteiger partial charge in [-0.3, -0.25) is 9.78 Å². The zero-order valence-corrected chi connectivity index (χ0v) is 10.6. The van der Waals surface area contributed by atoms with Gasteiger partial charge < -0.3 is 15.5 Å². The molecule has 0 aliphatic rings. The number of nitrogens with two attached hydrogens (primary N) is 1. The molecule has 1 amide bonds. The van der Waals surface area contributed by atoms with Crippen LogP contribution in [0.4, 0.5) is 11.6 Å². The summed E-state index contributed by atoms with van der Waals surface area (Å²) < 4.78 is 0. The fourth-order valence-electron chi connectivity index (χ4n) is 1.37. The van der Waals surface area contributed by atoms with Crippen LogP contribution >= 0.6 is 0 Å². The van der Waals surface area contributed by atoms with Crippen LogP contribution < -0.4 is 10.6 Å². The zero-order chi connectivity index (χ0) is 12.8. The van der Waals surface area contributed by atoms with E-state index in [9.17, 15) is 4.79 Å². The number of hydrogen-bond donors (Lipinski definition) is 1. The number of carbonyl (C=O) groups is 1. The summed E-state index contributed by atoms with van der Waals surface area (Å²) in [6.07, 6.45) is 4.04. The SMILES string of the molecule is CCCN(CC(=O)N(C)C)c1cncc(N)n1. The molecule has 0 radical (unpaired) electrons. The molecule has 0 saturated carbocycles. The van der Waals surface area contributed by atoms with Crippen LogP contribution in [0.15, 0.2) is 12.4 Å². The summed E-state index contributed by atoms with van der Waals surface area (Å²) >= 11 is 0. The first-order valence-corrected chi connectivity index (χ1v) is 5.57. The Hall–Kier alpha value is -1.85. The van der Waals surface area contributed by atoms with E-state index in [1.165, 1.54) is 6.20 Å². The van der Waals surface area contributed by atoms with Crippen LogP contribution in [0.3, 0.4) is 0 Å². The van der Waals surface area contributed by atoms with E-state index in [0.717, 1.165) is 13.0 Å². The maximum absolute atomic E-state index is 11.7. The van der Waals surface area contributed by atoms with Gasteiger partial charge in [-0.05, 0) is 6.42 Å². The smallest absolute Gasteiger partial charge is 0.241 e. The maximum atomic E-state index is 11.7. The number of amides is 1. The maximum Gasteiger partial charge on any atom is 0.241 e. The Morgan fingerprint density at radius 2 is 2.12 bits per heavy atom. The van der Waals surface area contributed by atoms with E-state index < -0.39 is 0 Å². The number of likely N-dealkylation sites (N-methyl/N-ethyl adjacent to an activating group) is 1. The van der Waals surface area contributed by atoms with E-state index in [4.69, 9.17) is 5.73 Å². The minimum atomic E-state index is 0.0303. The number of nitrogens with zero attached hydrogens (tertiary/aromatic N) is 4. The lowest BCUT2D eigenvalue weighted by Crippen LogP contribution is -2.37. The number of hydrogen-bond acceptors (Lipinski definition) is 5. The number of rotatable bonds is 5. The molecular weight excluding hydrogens is 218 g/mol. The highest BCUT2D eigenvalue weighted by atomic mass is 16.2. The molecular formula is C11H19N5O. The lowest BCUT2D eigenvalue weighted by Gasteiger charge is -2.23. The highest BCUT2D eigenvalue weighted by molar-refractivity contribution is 5.80. The van der Waals surface area contributed by atoms with Crippen molar-refractivity contribution in [3.8, 4) is 0 Å². The van der Waals surface area contributed by atoms with E-state index in [2.05, 4.69) is 9.97 Å². The number of nitrogen functional groups attached to an aromatic ring is 1. The Morgan fingerprint density at radius 1 is 1.41 bits per heavy atom. The third-order valence-corrected chi connectivity index (χ3v) is 2.28. The molecule has 6 heteroatoms. The molecule has 1 rings (SSSR count). The van der Waals surface area contributed by atoms with Gasteiger partial charge in [0.05, 0.1) is 18.9 Å². The van der Waals surface area contributed by atoms with Gasteiger partial charge in [0.25, 0.3) is 0 Å². The van der Waals surface area contributed by atoms with E-state index >= 15 is 0 Å². The molecule has 6 nitrogen and oxygen atoms in total. The largest absolute Gasteiger partial charge is 0.382 e. The van der Waals surface area contributed by atoms with Crippen LogP contribution in [0.25, 0.3) is 0 Å². The van der Waals surface area contributed by atoms with Crippen molar-refractivity contribution in [2.24, 2.45) is 0 Å². The second-order valence-corrected chi connectivity index (χ2v) is 4.01. The van der Waals surface area contributed by atoms with E-state index in [1.807, 2.05) is 11.8 Å². The van der Waals surface area contributed by atoms with E-state index in [-0.39, 0.29) is 5.91 Å². The first-order chi connectivity index (χ1) is 8.04. The predicted molar refractivity (Wildman–Crippen MR) is 67.6 cm³/mol. The van der Waals surface area contributed by atoms with Crippen molar-refractivity contribution in [3.05, 3.63) is 12.4 Å².